The Kier molecular flexibility index (Phi) is 20.3. The fraction of sp³-hybridized carbons (Fsp3) is 0.649. The molecule has 12 heteroatoms. The summed E-state index contributed by atoms with van der Waals surface area (Å²) in [6, 6.07) is 10.0. The summed E-state index contributed by atoms with van der Waals surface area (Å²) in [5, 5.41) is 13.5. The lowest BCUT2D eigenvalue weighted by molar-refractivity contribution is -0.00535. The Morgan fingerprint density at radius 3 is 2.16 bits per heavy atom. The summed E-state index contributed by atoms with van der Waals surface area (Å²) in [6.07, 6.45) is 20.8. The molecule has 3 unspecified atom stereocenters. The minimum atomic E-state index is -2.16. The van der Waals surface area contributed by atoms with Gasteiger partial charge in [0.25, 0.3) is 0 Å². The molecule has 0 aliphatic carbocycles. The molecule has 2 aromatic heterocycles. The number of halogens is 1. The highest BCUT2D eigenvalue weighted by Gasteiger charge is 2.18. The van der Waals surface area contributed by atoms with Crippen molar-refractivity contribution in [3.05, 3.63) is 59.3 Å². The standard InChI is InChI=1S/C37H57FN5O5P/c1-3-4-5-6-7-8-9-10-11-12-13-14-15-16-17-35(46-26-31-22-30(25-39)23-32(38)24-31)28-48-49(44)47-27-34(45-2)20-18-33-19-21-36-37(40)41-29-42-43(33)36/h19,21-24,29,34-35,44H,3-18,20,26-28H2,1-2H3,(H2,40,41,42). The predicted octanol–water partition coefficient (Wildman–Crippen LogP) is 8.98. The Morgan fingerprint density at radius 1 is 0.898 bits per heavy atom. The van der Waals surface area contributed by atoms with Crippen LogP contribution in [0.2, 0.25) is 0 Å². The molecular formula is C37H57FN5O5P. The number of hydrogen-bond acceptors (Lipinski definition) is 9. The molecule has 272 valence electrons. The van der Waals surface area contributed by atoms with E-state index in [9.17, 15) is 14.5 Å². The van der Waals surface area contributed by atoms with E-state index in [0.29, 0.717) is 24.2 Å². The van der Waals surface area contributed by atoms with Gasteiger partial charge in [0.2, 0.25) is 0 Å². The van der Waals surface area contributed by atoms with Crippen LogP contribution in [0, 0.1) is 17.1 Å². The lowest BCUT2D eigenvalue weighted by atomic mass is 10.0. The Labute approximate surface area is 293 Å². The highest BCUT2D eigenvalue weighted by atomic mass is 31.2. The minimum Gasteiger partial charge on any atom is -0.382 e. The molecule has 3 rings (SSSR count). The molecule has 3 N–H and O–H groups in total. The number of unbranched alkanes of at least 4 members (excludes halogenated alkanes) is 13. The summed E-state index contributed by atoms with van der Waals surface area (Å²) in [7, 11) is -0.554. The molecule has 0 aliphatic heterocycles. The maximum absolute atomic E-state index is 14.0. The number of nitrogen functional groups attached to an aromatic ring is 1. The van der Waals surface area contributed by atoms with Crippen molar-refractivity contribution in [2.45, 2.75) is 135 Å². The molecule has 0 saturated heterocycles. The van der Waals surface area contributed by atoms with Crippen molar-refractivity contribution in [1.29, 1.82) is 5.26 Å². The van der Waals surface area contributed by atoms with Crippen molar-refractivity contribution >= 4 is 19.9 Å². The first-order chi connectivity index (χ1) is 23.9. The van der Waals surface area contributed by atoms with E-state index in [2.05, 4.69) is 17.0 Å². The van der Waals surface area contributed by atoms with Gasteiger partial charge in [-0.2, -0.15) is 10.4 Å². The first-order valence-corrected chi connectivity index (χ1v) is 19.2. The predicted molar refractivity (Wildman–Crippen MR) is 192 cm³/mol. The number of rotatable bonds is 28. The molecule has 0 radical (unpaired) electrons. The summed E-state index contributed by atoms with van der Waals surface area (Å²) in [5.74, 6) is -0.0506. The minimum absolute atomic E-state index is 0.135. The van der Waals surface area contributed by atoms with Crippen LogP contribution in [-0.2, 0) is 31.5 Å². The van der Waals surface area contributed by atoms with Gasteiger partial charge in [-0.05, 0) is 55.2 Å². The Hall–Kier alpha value is -2.71. The number of ether oxygens (including phenoxy) is 2. The van der Waals surface area contributed by atoms with Crippen molar-refractivity contribution in [1.82, 2.24) is 14.6 Å². The highest BCUT2D eigenvalue weighted by Crippen LogP contribution is 2.34. The molecule has 10 nitrogen and oxygen atoms in total. The van der Waals surface area contributed by atoms with Gasteiger partial charge in [-0.15, -0.1) is 0 Å². The van der Waals surface area contributed by atoms with Crippen LogP contribution in [0.3, 0.4) is 0 Å². The van der Waals surface area contributed by atoms with Crippen molar-refractivity contribution in [3.63, 3.8) is 0 Å². The normalized spacial score (nSPS) is 13.4. The summed E-state index contributed by atoms with van der Waals surface area (Å²) >= 11 is 0. The highest BCUT2D eigenvalue weighted by molar-refractivity contribution is 7.40. The molecule has 49 heavy (non-hydrogen) atoms. The van der Waals surface area contributed by atoms with Crippen LogP contribution in [0.25, 0.3) is 5.52 Å². The van der Waals surface area contributed by atoms with Crippen molar-refractivity contribution < 1.29 is 27.8 Å². The summed E-state index contributed by atoms with van der Waals surface area (Å²) in [4.78, 5) is 14.6. The third-order valence-corrected chi connectivity index (χ3v) is 9.55. The second-order valence-electron chi connectivity index (χ2n) is 12.8. The number of aryl methyl sites for hydroxylation is 1. The van der Waals surface area contributed by atoms with Gasteiger partial charge in [0.15, 0.2) is 5.82 Å². The third-order valence-electron chi connectivity index (χ3n) is 8.81. The summed E-state index contributed by atoms with van der Waals surface area (Å²) in [6.45, 7) is 2.69. The molecule has 3 aromatic rings. The van der Waals surface area contributed by atoms with Gasteiger partial charge in [-0.1, -0.05) is 96.8 Å². The van der Waals surface area contributed by atoms with Crippen LogP contribution in [0.5, 0.6) is 0 Å². The second-order valence-corrected chi connectivity index (χ2v) is 13.8. The zero-order chi connectivity index (χ0) is 35.1. The molecule has 0 amide bonds. The number of aromatic nitrogens is 3. The van der Waals surface area contributed by atoms with E-state index in [-0.39, 0.29) is 37.6 Å². The molecule has 0 aliphatic rings. The molecule has 0 bridgehead atoms. The lowest BCUT2D eigenvalue weighted by Crippen LogP contribution is -2.21. The van der Waals surface area contributed by atoms with Crippen LogP contribution in [0.1, 0.15) is 126 Å². The van der Waals surface area contributed by atoms with Gasteiger partial charge in [0.05, 0.1) is 43.7 Å². The Balaban J connectivity index is 1.37. The average molecular weight is 702 g/mol. The second kappa shape index (κ2) is 24.4. The topological polar surface area (TPSA) is 137 Å². The van der Waals surface area contributed by atoms with Gasteiger partial charge in [0.1, 0.15) is 17.7 Å². The van der Waals surface area contributed by atoms with Crippen LogP contribution in [0.4, 0.5) is 10.2 Å². The summed E-state index contributed by atoms with van der Waals surface area (Å²) in [5.41, 5.74) is 8.49. The number of nitrogens with zero attached hydrogens (tertiary/aromatic N) is 4. The zero-order valence-electron chi connectivity index (χ0n) is 29.5. The maximum atomic E-state index is 14.0. The van der Waals surface area contributed by atoms with E-state index in [1.54, 1.807) is 17.7 Å². The quantitative estimate of drug-likeness (QED) is 0.0561. The largest absolute Gasteiger partial charge is 0.382 e. The maximum Gasteiger partial charge on any atom is 0.330 e. The molecule has 0 fully saturated rings. The van der Waals surface area contributed by atoms with E-state index in [1.807, 2.05) is 18.2 Å². The van der Waals surface area contributed by atoms with E-state index in [0.717, 1.165) is 30.5 Å². The van der Waals surface area contributed by atoms with Crippen LogP contribution < -0.4 is 5.73 Å². The number of hydrogen-bond donors (Lipinski definition) is 2. The van der Waals surface area contributed by atoms with Crippen molar-refractivity contribution in [2.24, 2.45) is 0 Å². The number of anilines is 1. The molecular weight excluding hydrogens is 644 g/mol. The van der Waals surface area contributed by atoms with Gasteiger partial charge in [0, 0.05) is 12.8 Å². The van der Waals surface area contributed by atoms with Crippen LogP contribution in [-0.4, -0.2) is 52.0 Å². The third kappa shape index (κ3) is 16.2. The number of nitriles is 1. The number of methoxy groups -OCH3 is 1. The fourth-order valence-electron chi connectivity index (χ4n) is 5.90. The van der Waals surface area contributed by atoms with E-state index in [1.165, 1.54) is 95.5 Å². The smallest absolute Gasteiger partial charge is 0.330 e. The Morgan fingerprint density at radius 2 is 1.53 bits per heavy atom. The van der Waals surface area contributed by atoms with E-state index in [4.69, 9.17) is 24.3 Å². The first kappa shape index (κ1) is 40.7. The average Bonchev–Trinajstić information content (AvgIpc) is 3.53. The number of benzene rings is 1. The fourth-order valence-corrected chi connectivity index (χ4v) is 6.56. The zero-order valence-corrected chi connectivity index (χ0v) is 30.4. The molecule has 2 heterocycles. The van der Waals surface area contributed by atoms with Crippen LogP contribution >= 0.6 is 8.60 Å². The first-order valence-electron chi connectivity index (χ1n) is 18.1. The van der Waals surface area contributed by atoms with Crippen LogP contribution in [0.15, 0.2) is 36.7 Å². The van der Waals surface area contributed by atoms with E-state index < -0.39 is 14.4 Å². The van der Waals surface area contributed by atoms with Gasteiger partial charge in [-0.25, -0.2) is 13.9 Å². The molecule has 1 aromatic carbocycles. The molecule has 0 saturated carbocycles. The van der Waals surface area contributed by atoms with E-state index >= 15 is 0 Å². The van der Waals surface area contributed by atoms with Crippen molar-refractivity contribution in [3.8, 4) is 6.07 Å². The van der Waals surface area contributed by atoms with Gasteiger partial charge >= 0.3 is 8.60 Å². The number of fused-ring (bicyclic) bond motifs is 1. The molecule has 0 spiro atoms. The summed E-state index contributed by atoms with van der Waals surface area (Å²) < 4.78 is 38.8. The van der Waals surface area contributed by atoms with Gasteiger partial charge < -0.3 is 29.1 Å². The van der Waals surface area contributed by atoms with Gasteiger partial charge in [-0.3, -0.25) is 0 Å². The number of nitrogens with two attached hydrogens (primary N) is 1. The lowest BCUT2D eigenvalue weighted by Gasteiger charge is -2.21. The monoisotopic (exact) mass is 701 g/mol. The Bertz CT molecular complexity index is 1370. The van der Waals surface area contributed by atoms with Crippen molar-refractivity contribution in [2.75, 3.05) is 26.1 Å². The molecule has 3 atom stereocenters. The SMILES string of the molecule is CCCCCCCCCCCCCCCCC(COP(O)OCC(CCc1ccc2c(N)ncnn12)OC)OCc1cc(F)cc(C#N)c1.